The van der Waals surface area contributed by atoms with Crippen molar-refractivity contribution in [3.63, 3.8) is 0 Å². The van der Waals surface area contributed by atoms with E-state index in [1.807, 2.05) is 37.6 Å². The van der Waals surface area contributed by atoms with Crippen LogP contribution >= 0.6 is 11.8 Å². The molecule has 0 saturated heterocycles. The van der Waals surface area contributed by atoms with Gasteiger partial charge in [0.05, 0.1) is 5.69 Å². The second-order valence-electron chi connectivity index (χ2n) is 7.24. The molecule has 3 N–H and O–H groups in total. The van der Waals surface area contributed by atoms with Gasteiger partial charge in [0.1, 0.15) is 18.4 Å². The number of pyridine rings is 1. The Labute approximate surface area is 203 Å². The van der Waals surface area contributed by atoms with Crippen LogP contribution in [0, 0.1) is 6.92 Å². The van der Waals surface area contributed by atoms with Gasteiger partial charge >= 0.3 is 0 Å². The van der Waals surface area contributed by atoms with Crippen molar-refractivity contribution in [2.45, 2.75) is 25.0 Å². The minimum absolute atomic E-state index is 0.414. The minimum atomic E-state index is 0.414. The lowest BCUT2D eigenvalue weighted by atomic mass is 10.0. The summed E-state index contributed by atoms with van der Waals surface area (Å²) in [6.45, 7) is 2.97. The highest BCUT2D eigenvalue weighted by Gasteiger charge is 2.04. The van der Waals surface area contributed by atoms with Crippen LogP contribution in [-0.2, 0) is 17.8 Å². The molecule has 0 unspecified atom stereocenters. The van der Waals surface area contributed by atoms with Gasteiger partial charge in [0.2, 0.25) is 0 Å². The topological polar surface area (TPSA) is 119 Å². The number of rotatable bonds is 11. The summed E-state index contributed by atoms with van der Waals surface area (Å²) in [6, 6.07) is 12.2. The first kappa shape index (κ1) is 24.9. The molecule has 8 nitrogen and oxygen atoms in total. The maximum Gasteiger partial charge on any atom is 0.187 e. The van der Waals surface area contributed by atoms with E-state index < -0.39 is 0 Å². The molecule has 0 aliphatic rings. The molecule has 9 heteroatoms. The summed E-state index contributed by atoms with van der Waals surface area (Å²) in [5, 5.41) is 3.85. The SMILES string of the molecule is CSc1ncc(C=NC=N/C(=C\C=O)NCc2ccc(-c3ccnc(C)c3)cc2)c(CCN)n1. The van der Waals surface area contributed by atoms with Gasteiger partial charge in [-0.25, -0.2) is 20.0 Å². The maximum atomic E-state index is 11.0. The van der Waals surface area contributed by atoms with Crippen LogP contribution in [0.15, 0.2) is 75.8 Å². The Balaban J connectivity index is 1.61. The normalized spacial score (nSPS) is 11.9. The molecule has 0 bridgehead atoms. The summed E-state index contributed by atoms with van der Waals surface area (Å²) in [5.41, 5.74) is 11.6. The molecule has 2 aromatic heterocycles. The summed E-state index contributed by atoms with van der Waals surface area (Å²) in [4.78, 5) is 32.5. The van der Waals surface area contributed by atoms with Gasteiger partial charge in [0.25, 0.3) is 0 Å². The zero-order chi connectivity index (χ0) is 24.2. The molecular weight excluding hydrogens is 446 g/mol. The van der Waals surface area contributed by atoms with Crippen molar-refractivity contribution in [1.29, 1.82) is 0 Å². The molecule has 1 aromatic carbocycles. The Morgan fingerprint density at radius 2 is 2.00 bits per heavy atom. The fourth-order valence-electron chi connectivity index (χ4n) is 3.11. The van der Waals surface area contributed by atoms with Gasteiger partial charge in [-0.2, -0.15) is 0 Å². The monoisotopic (exact) mass is 473 g/mol. The second-order valence-corrected chi connectivity index (χ2v) is 8.02. The molecule has 174 valence electrons. The third-order valence-corrected chi connectivity index (χ3v) is 5.36. The molecule has 0 radical (unpaired) electrons. The van der Waals surface area contributed by atoms with Crippen LogP contribution in [0.25, 0.3) is 11.1 Å². The number of nitrogens with zero attached hydrogens (tertiary/aromatic N) is 5. The van der Waals surface area contributed by atoms with Gasteiger partial charge in [0, 0.05) is 48.9 Å². The minimum Gasteiger partial charge on any atom is -0.366 e. The molecule has 3 aromatic rings. The van der Waals surface area contributed by atoms with Crippen molar-refractivity contribution >= 4 is 30.6 Å². The van der Waals surface area contributed by atoms with Crippen LogP contribution in [-0.4, -0.2) is 46.6 Å². The third kappa shape index (κ3) is 7.43. The number of nitrogens with two attached hydrogens (primary N) is 1. The number of hydrogen-bond acceptors (Lipinski definition) is 8. The van der Waals surface area contributed by atoms with Crippen molar-refractivity contribution in [1.82, 2.24) is 20.3 Å². The molecule has 34 heavy (non-hydrogen) atoms. The maximum absolute atomic E-state index is 11.0. The van der Waals surface area contributed by atoms with Gasteiger partial charge in [-0.1, -0.05) is 36.0 Å². The molecule has 0 aliphatic carbocycles. The molecule has 0 fully saturated rings. The fourth-order valence-corrected chi connectivity index (χ4v) is 3.46. The number of aryl methyl sites for hydroxylation is 1. The fraction of sp³-hybridized carbons (Fsp3) is 0.200. The molecule has 3 rings (SSSR count). The molecular formula is C25H27N7OS. The van der Waals surface area contributed by atoms with Gasteiger partial charge < -0.3 is 11.1 Å². The Hall–Kier alpha value is -3.69. The highest BCUT2D eigenvalue weighted by atomic mass is 32.2. The van der Waals surface area contributed by atoms with Crippen LogP contribution in [0.5, 0.6) is 0 Å². The Morgan fingerprint density at radius 3 is 2.71 bits per heavy atom. The predicted octanol–water partition coefficient (Wildman–Crippen LogP) is 3.35. The lowest BCUT2D eigenvalue weighted by Gasteiger charge is -2.08. The van der Waals surface area contributed by atoms with E-state index in [0.717, 1.165) is 33.6 Å². The van der Waals surface area contributed by atoms with Crippen LogP contribution in [0.1, 0.15) is 22.5 Å². The Morgan fingerprint density at radius 1 is 1.18 bits per heavy atom. The molecule has 0 spiro atoms. The van der Waals surface area contributed by atoms with E-state index in [9.17, 15) is 4.79 Å². The molecule has 0 aliphatic heterocycles. The number of allylic oxidation sites excluding steroid dienone is 1. The highest BCUT2D eigenvalue weighted by Crippen LogP contribution is 2.20. The quantitative estimate of drug-likeness (QED) is 0.109. The zero-order valence-electron chi connectivity index (χ0n) is 19.2. The van der Waals surface area contributed by atoms with E-state index in [1.54, 1.807) is 12.4 Å². The molecule has 0 saturated carbocycles. The van der Waals surface area contributed by atoms with Crippen molar-refractivity contribution in [3.05, 3.63) is 83.2 Å². The largest absolute Gasteiger partial charge is 0.366 e. The Kier molecular flexibility index (Phi) is 9.63. The number of thioether (sulfide) groups is 1. The summed E-state index contributed by atoms with van der Waals surface area (Å²) in [7, 11) is 0. The van der Waals surface area contributed by atoms with Crippen LogP contribution in [0.2, 0.25) is 0 Å². The number of hydrogen-bond donors (Lipinski definition) is 2. The summed E-state index contributed by atoms with van der Waals surface area (Å²) >= 11 is 1.47. The number of aromatic nitrogens is 3. The number of carbonyl (C=O) groups excluding carboxylic acids is 1. The first-order valence-corrected chi connectivity index (χ1v) is 11.9. The van der Waals surface area contributed by atoms with E-state index >= 15 is 0 Å². The number of aliphatic imine (C=N–C) groups is 2. The molecule has 2 heterocycles. The van der Waals surface area contributed by atoms with Crippen LogP contribution in [0.4, 0.5) is 0 Å². The smallest absolute Gasteiger partial charge is 0.187 e. The van der Waals surface area contributed by atoms with Gasteiger partial charge in [0.15, 0.2) is 5.16 Å². The number of benzene rings is 1. The van der Waals surface area contributed by atoms with E-state index in [4.69, 9.17) is 5.73 Å². The first-order valence-electron chi connectivity index (χ1n) is 10.7. The van der Waals surface area contributed by atoms with E-state index in [0.29, 0.717) is 36.8 Å². The highest BCUT2D eigenvalue weighted by molar-refractivity contribution is 7.98. The summed E-state index contributed by atoms with van der Waals surface area (Å²) < 4.78 is 0. The number of carbonyl (C=O) groups is 1. The average molecular weight is 474 g/mol. The van der Waals surface area contributed by atoms with Crippen LogP contribution in [0.3, 0.4) is 0 Å². The van der Waals surface area contributed by atoms with E-state index in [1.165, 1.54) is 24.2 Å². The second kappa shape index (κ2) is 13.1. The van der Waals surface area contributed by atoms with Gasteiger partial charge in [-0.15, -0.1) is 0 Å². The average Bonchev–Trinajstić information content (AvgIpc) is 2.86. The van der Waals surface area contributed by atoms with Gasteiger partial charge in [-0.3, -0.25) is 9.78 Å². The van der Waals surface area contributed by atoms with Crippen molar-refractivity contribution in [3.8, 4) is 11.1 Å². The molecule has 0 amide bonds. The third-order valence-electron chi connectivity index (χ3n) is 4.80. The van der Waals surface area contributed by atoms with E-state index in [2.05, 4.69) is 48.5 Å². The lowest BCUT2D eigenvalue weighted by molar-refractivity contribution is -0.104. The predicted molar refractivity (Wildman–Crippen MR) is 138 cm³/mol. The zero-order valence-corrected chi connectivity index (χ0v) is 20.0. The summed E-state index contributed by atoms with van der Waals surface area (Å²) in [5.74, 6) is 0.414. The van der Waals surface area contributed by atoms with Crippen molar-refractivity contribution in [2.75, 3.05) is 12.8 Å². The molecule has 0 atom stereocenters. The van der Waals surface area contributed by atoms with Crippen molar-refractivity contribution in [2.24, 2.45) is 15.7 Å². The Bertz CT molecular complexity index is 1190. The lowest BCUT2D eigenvalue weighted by Crippen LogP contribution is -2.11. The van der Waals surface area contributed by atoms with Crippen LogP contribution < -0.4 is 11.1 Å². The number of aldehydes is 1. The standard InChI is InChI=1S/C25H27N7OS/c1-18-13-21(8-11-28-18)20-5-3-19(4-6-20)14-29-24(9-12-33)31-17-27-15-22-16-30-25(34-2)32-23(22)7-10-26/h3-6,8-9,11-13,15-17,29H,7,10,14,26H2,1-2H3/b24-9-,27-15?,31-17?. The van der Waals surface area contributed by atoms with Crippen molar-refractivity contribution < 1.29 is 4.79 Å². The first-order chi connectivity index (χ1) is 16.6. The number of nitrogens with one attached hydrogen (secondary N) is 1. The summed E-state index contributed by atoms with van der Waals surface area (Å²) in [6.07, 6.45) is 11.1. The van der Waals surface area contributed by atoms with Gasteiger partial charge in [-0.05, 0) is 48.5 Å². The van der Waals surface area contributed by atoms with E-state index in [-0.39, 0.29) is 0 Å².